The van der Waals surface area contributed by atoms with Crippen LogP contribution in [0, 0.1) is 11.7 Å². The number of hydrogen-bond donors (Lipinski definition) is 1. The summed E-state index contributed by atoms with van der Waals surface area (Å²) in [6.07, 6.45) is 1.19. The van der Waals surface area contributed by atoms with E-state index in [4.69, 9.17) is 4.74 Å². The summed E-state index contributed by atoms with van der Waals surface area (Å²) in [4.78, 5) is 0. The Morgan fingerprint density at radius 2 is 2.06 bits per heavy atom. The highest BCUT2D eigenvalue weighted by atomic mass is 19.1. The zero-order valence-electron chi connectivity index (χ0n) is 10.7. The van der Waals surface area contributed by atoms with Crippen LogP contribution in [0.4, 0.5) is 4.39 Å². The van der Waals surface area contributed by atoms with E-state index in [0.29, 0.717) is 25.0 Å². The standard InChI is InChI=1S/C14H21FO2/c1-4-14(16,11(2)9-10-17-3)12-7-5-6-8-13(12)15/h5-8,11,16H,4,9-10H2,1-3H3. The van der Waals surface area contributed by atoms with Gasteiger partial charge in [-0.2, -0.15) is 0 Å². The Labute approximate surface area is 102 Å². The summed E-state index contributed by atoms with van der Waals surface area (Å²) in [5.41, 5.74) is -0.741. The first-order chi connectivity index (χ1) is 8.06. The quantitative estimate of drug-likeness (QED) is 0.828. The van der Waals surface area contributed by atoms with Crippen molar-refractivity contribution in [2.75, 3.05) is 13.7 Å². The van der Waals surface area contributed by atoms with Crippen molar-refractivity contribution in [1.82, 2.24) is 0 Å². The van der Waals surface area contributed by atoms with Gasteiger partial charge in [-0.05, 0) is 24.8 Å². The molecular weight excluding hydrogens is 219 g/mol. The maximum atomic E-state index is 13.8. The molecule has 1 aromatic rings. The molecule has 2 nitrogen and oxygen atoms in total. The van der Waals surface area contributed by atoms with Crippen molar-refractivity contribution < 1.29 is 14.2 Å². The van der Waals surface area contributed by atoms with Crippen LogP contribution in [0.3, 0.4) is 0 Å². The van der Waals surface area contributed by atoms with E-state index in [0.717, 1.165) is 0 Å². The fraction of sp³-hybridized carbons (Fsp3) is 0.571. The Bertz CT molecular complexity index is 354. The molecule has 0 aliphatic heterocycles. The Kier molecular flexibility index (Phi) is 5.09. The molecule has 0 amide bonds. The van der Waals surface area contributed by atoms with Crippen molar-refractivity contribution in [2.24, 2.45) is 5.92 Å². The largest absolute Gasteiger partial charge is 0.385 e. The van der Waals surface area contributed by atoms with Gasteiger partial charge in [0.25, 0.3) is 0 Å². The van der Waals surface area contributed by atoms with Crippen molar-refractivity contribution in [3.8, 4) is 0 Å². The van der Waals surface area contributed by atoms with E-state index in [1.165, 1.54) is 6.07 Å². The zero-order valence-corrected chi connectivity index (χ0v) is 10.7. The third kappa shape index (κ3) is 3.05. The first-order valence-corrected chi connectivity index (χ1v) is 6.02. The molecule has 1 rings (SSSR count). The fourth-order valence-electron chi connectivity index (χ4n) is 2.15. The second-order valence-electron chi connectivity index (χ2n) is 4.44. The molecule has 2 atom stereocenters. The third-order valence-electron chi connectivity index (χ3n) is 3.45. The summed E-state index contributed by atoms with van der Waals surface area (Å²) in [7, 11) is 1.63. The maximum Gasteiger partial charge on any atom is 0.129 e. The summed E-state index contributed by atoms with van der Waals surface area (Å²) < 4.78 is 18.8. The van der Waals surface area contributed by atoms with Gasteiger partial charge < -0.3 is 9.84 Å². The van der Waals surface area contributed by atoms with E-state index in [1.807, 2.05) is 13.8 Å². The number of aliphatic hydroxyl groups is 1. The van der Waals surface area contributed by atoms with Crippen LogP contribution in [0.5, 0.6) is 0 Å². The van der Waals surface area contributed by atoms with E-state index < -0.39 is 5.60 Å². The van der Waals surface area contributed by atoms with Crippen LogP contribution in [-0.2, 0) is 10.3 Å². The molecule has 0 saturated carbocycles. The molecule has 17 heavy (non-hydrogen) atoms. The van der Waals surface area contributed by atoms with Crippen LogP contribution in [-0.4, -0.2) is 18.8 Å². The van der Waals surface area contributed by atoms with Gasteiger partial charge in [0.05, 0.1) is 5.60 Å². The molecule has 1 N–H and O–H groups in total. The van der Waals surface area contributed by atoms with Crippen LogP contribution in [0.25, 0.3) is 0 Å². The summed E-state index contributed by atoms with van der Waals surface area (Å²) in [5.74, 6) is -0.398. The second kappa shape index (κ2) is 6.12. The van der Waals surface area contributed by atoms with Crippen LogP contribution < -0.4 is 0 Å². The summed E-state index contributed by atoms with van der Waals surface area (Å²) >= 11 is 0. The van der Waals surface area contributed by atoms with Gasteiger partial charge in [-0.25, -0.2) is 4.39 Å². The number of ether oxygens (including phenoxy) is 1. The third-order valence-corrected chi connectivity index (χ3v) is 3.45. The smallest absolute Gasteiger partial charge is 0.129 e. The lowest BCUT2D eigenvalue weighted by molar-refractivity contribution is -0.0341. The highest BCUT2D eigenvalue weighted by Gasteiger charge is 2.35. The van der Waals surface area contributed by atoms with Gasteiger partial charge in [-0.3, -0.25) is 0 Å². The van der Waals surface area contributed by atoms with Crippen LogP contribution >= 0.6 is 0 Å². The SMILES string of the molecule is CCC(O)(c1ccccc1F)C(C)CCOC. The lowest BCUT2D eigenvalue weighted by atomic mass is 9.78. The van der Waals surface area contributed by atoms with Gasteiger partial charge in [0.15, 0.2) is 0 Å². The van der Waals surface area contributed by atoms with E-state index in [9.17, 15) is 9.50 Å². The number of rotatable bonds is 6. The van der Waals surface area contributed by atoms with Crippen molar-refractivity contribution in [1.29, 1.82) is 0 Å². The van der Waals surface area contributed by atoms with E-state index in [1.54, 1.807) is 25.3 Å². The van der Waals surface area contributed by atoms with Crippen molar-refractivity contribution in [3.63, 3.8) is 0 Å². The minimum Gasteiger partial charge on any atom is -0.385 e. The Morgan fingerprint density at radius 1 is 1.41 bits per heavy atom. The topological polar surface area (TPSA) is 29.5 Å². The molecule has 0 aliphatic rings. The molecule has 2 unspecified atom stereocenters. The van der Waals surface area contributed by atoms with Gasteiger partial charge in [-0.15, -0.1) is 0 Å². The Hall–Kier alpha value is -0.930. The predicted octanol–water partition coefficient (Wildman–Crippen LogP) is 3.10. The molecule has 0 aromatic heterocycles. The Morgan fingerprint density at radius 3 is 2.59 bits per heavy atom. The average molecular weight is 240 g/mol. The number of halogens is 1. The second-order valence-corrected chi connectivity index (χ2v) is 4.44. The summed E-state index contributed by atoms with van der Waals surface area (Å²) in [6, 6.07) is 6.43. The van der Waals surface area contributed by atoms with Gasteiger partial charge in [0.1, 0.15) is 5.82 Å². The van der Waals surface area contributed by atoms with Crippen molar-refractivity contribution >= 4 is 0 Å². The van der Waals surface area contributed by atoms with E-state index in [2.05, 4.69) is 0 Å². The molecule has 96 valence electrons. The first kappa shape index (κ1) is 14.1. The normalized spacial score (nSPS) is 16.5. The van der Waals surface area contributed by atoms with Gasteiger partial charge in [-0.1, -0.05) is 32.0 Å². The average Bonchev–Trinajstić information content (AvgIpc) is 2.35. The van der Waals surface area contributed by atoms with Gasteiger partial charge in [0.2, 0.25) is 0 Å². The molecule has 0 radical (unpaired) electrons. The van der Waals surface area contributed by atoms with Crippen LogP contribution in [0.15, 0.2) is 24.3 Å². The molecule has 0 spiro atoms. The van der Waals surface area contributed by atoms with E-state index in [-0.39, 0.29) is 11.7 Å². The van der Waals surface area contributed by atoms with Crippen molar-refractivity contribution in [2.45, 2.75) is 32.3 Å². The van der Waals surface area contributed by atoms with Gasteiger partial charge >= 0.3 is 0 Å². The Balaban J connectivity index is 2.99. The van der Waals surface area contributed by atoms with Crippen LogP contribution in [0.2, 0.25) is 0 Å². The molecule has 0 aliphatic carbocycles. The minimum atomic E-state index is -1.12. The minimum absolute atomic E-state index is 0.0515. The lowest BCUT2D eigenvalue weighted by Gasteiger charge is -2.34. The number of hydrogen-bond acceptors (Lipinski definition) is 2. The molecule has 0 fully saturated rings. The fourth-order valence-corrected chi connectivity index (χ4v) is 2.15. The maximum absolute atomic E-state index is 13.8. The predicted molar refractivity (Wildman–Crippen MR) is 66.2 cm³/mol. The van der Waals surface area contributed by atoms with Gasteiger partial charge in [0, 0.05) is 19.3 Å². The first-order valence-electron chi connectivity index (χ1n) is 6.02. The lowest BCUT2D eigenvalue weighted by Crippen LogP contribution is -2.34. The highest BCUT2D eigenvalue weighted by Crippen LogP contribution is 2.36. The van der Waals surface area contributed by atoms with Crippen molar-refractivity contribution in [3.05, 3.63) is 35.6 Å². The highest BCUT2D eigenvalue weighted by molar-refractivity contribution is 5.25. The molecule has 0 bridgehead atoms. The van der Waals surface area contributed by atoms with E-state index >= 15 is 0 Å². The molecule has 0 heterocycles. The molecule has 1 aromatic carbocycles. The summed E-state index contributed by atoms with van der Waals surface area (Å²) in [5, 5.41) is 10.7. The number of benzene rings is 1. The molecular formula is C14H21FO2. The molecule has 0 saturated heterocycles. The monoisotopic (exact) mass is 240 g/mol. The number of methoxy groups -OCH3 is 1. The summed E-state index contributed by atoms with van der Waals surface area (Å²) in [6.45, 7) is 4.36. The van der Waals surface area contributed by atoms with Crippen LogP contribution in [0.1, 0.15) is 32.3 Å². The molecule has 3 heteroatoms. The zero-order chi connectivity index (χ0) is 12.9.